The zero-order valence-electron chi connectivity index (χ0n) is 20.4. The maximum atomic E-state index is 7.21. The second-order valence-electron chi connectivity index (χ2n) is 10.1. The molecule has 0 heterocycles. The molecule has 2 N–H and O–H groups in total. The van der Waals surface area contributed by atoms with Gasteiger partial charge >= 0.3 is 0 Å². The highest BCUT2D eigenvalue weighted by Crippen LogP contribution is 2.44. The minimum atomic E-state index is -0.407. The molecule has 0 spiro atoms. The largest absolute Gasteiger partial charge is 0.455 e. The first-order valence-electron chi connectivity index (χ1n) is 12.8. The fourth-order valence-corrected chi connectivity index (χ4v) is 6.28. The van der Waals surface area contributed by atoms with E-state index in [4.69, 9.17) is 22.1 Å². The second kappa shape index (κ2) is 8.62. The van der Waals surface area contributed by atoms with Gasteiger partial charge in [-0.15, -0.1) is 0 Å². The number of nitrogens with two attached hydrogens (primary N) is 1. The summed E-state index contributed by atoms with van der Waals surface area (Å²) < 4.78 is 6.42. The van der Waals surface area contributed by atoms with Crippen molar-refractivity contribution < 1.29 is 4.74 Å². The second-order valence-corrected chi connectivity index (χ2v) is 10.5. The smallest absolute Gasteiger partial charge is 0.146 e. The number of ether oxygens (including phenoxy) is 1. The van der Waals surface area contributed by atoms with Crippen molar-refractivity contribution >= 4 is 43.9 Å². The molecule has 1 aliphatic carbocycles. The molecule has 180 valence electrons. The number of aryl methyl sites for hydroxylation is 1. The normalized spacial score (nSPS) is 17.2. The Kier molecular flexibility index (Phi) is 5.21. The van der Waals surface area contributed by atoms with Gasteiger partial charge in [0.15, 0.2) is 0 Å². The van der Waals surface area contributed by atoms with Crippen LogP contribution in [0.4, 0.5) is 0 Å². The minimum Gasteiger partial charge on any atom is -0.455 e. The molecule has 6 aromatic carbocycles. The molecule has 1 atom stereocenters. The summed E-state index contributed by atoms with van der Waals surface area (Å²) in [6, 6.07) is 37.8. The number of halogens is 1. The monoisotopic (exact) mass is 499 g/mol. The molecule has 0 fully saturated rings. The molecule has 0 saturated carbocycles. The van der Waals surface area contributed by atoms with Gasteiger partial charge in [0.1, 0.15) is 11.5 Å². The predicted molar refractivity (Wildman–Crippen MR) is 155 cm³/mol. The van der Waals surface area contributed by atoms with E-state index in [1.54, 1.807) is 0 Å². The van der Waals surface area contributed by atoms with Crippen molar-refractivity contribution in [2.75, 3.05) is 0 Å². The third-order valence-corrected chi connectivity index (χ3v) is 8.23. The summed E-state index contributed by atoms with van der Waals surface area (Å²) in [5, 5.41) is 7.83. The van der Waals surface area contributed by atoms with Crippen molar-refractivity contribution in [2.24, 2.45) is 5.73 Å². The van der Waals surface area contributed by atoms with Crippen LogP contribution >= 0.6 is 11.6 Å². The Morgan fingerprint density at radius 3 is 2.22 bits per heavy atom. The summed E-state index contributed by atoms with van der Waals surface area (Å²) in [6.07, 6.45) is 2.61. The van der Waals surface area contributed by atoms with E-state index in [1.807, 2.05) is 24.3 Å². The van der Waals surface area contributed by atoms with E-state index in [0.717, 1.165) is 30.4 Å². The fourth-order valence-electron chi connectivity index (χ4n) is 6.11. The SMILES string of the molecule is NC1(c2cccc3ccccc23)CCc2c(ccc3c2cc(Oc2ccccc2Cl)c2ccccc23)C1. The lowest BCUT2D eigenvalue weighted by Gasteiger charge is -2.37. The van der Waals surface area contributed by atoms with E-state index in [1.165, 1.54) is 43.6 Å². The summed E-state index contributed by atoms with van der Waals surface area (Å²) in [7, 11) is 0. The molecular weight excluding hydrogens is 474 g/mol. The van der Waals surface area contributed by atoms with Crippen molar-refractivity contribution in [2.45, 2.75) is 24.8 Å². The predicted octanol–water partition coefficient (Wildman–Crippen LogP) is 8.93. The van der Waals surface area contributed by atoms with Gasteiger partial charge in [0.25, 0.3) is 0 Å². The summed E-state index contributed by atoms with van der Waals surface area (Å²) >= 11 is 6.45. The number of benzene rings is 6. The van der Waals surface area contributed by atoms with Crippen molar-refractivity contribution in [3.8, 4) is 11.5 Å². The molecule has 7 rings (SSSR count). The molecule has 0 amide bonds. The summed E-state index contributed by atoms with van der Waals surface area (Å²) in [6.45, 7) is 0. The van der Waals surface area contributed by atoms with Crippen LogP contribution < -0.4 is 10.5 Å². The van der Waals surface area contributed by atoms with Gasteiger partial charge < -0.3 is 10.5 Å². The average Bonchev–Trinajstić information content (AvgIpc) is 2.93. The van der Waals surface area contributed by atoms with Gasteiger partial charge in [-0.25, -0.2) is 0 Å². The minimum absolute atomic E-state index is 0.407. The van der Waals surface area contributed by atoms with Crippen LogP contribution in [-0.2, 0) is 18.4 Å². The number of rotatable bonds is 3. The number of hydrogen-bond donors (Lipinski definition) is 1. The zero-order chi connectivity index (χ0) is 25.0. The number of fused-ring (bicyclic) bond motifs is 6. The summed E-state index contributed by atoms with van der Waals surface area (Å²) in [5.41, 5.74) is 10.7. The van der Waals surface area contributed by atoms with Crippen molar-refractivity contribution in [1.29, 1.82) is 0 Å². The fraction of sp³-hybridized carbons (Fsp3) is 0.118. The zero-order valence-corrected chi connectivity index (χ0v) is 21.1. The van der Waals surface area contributed by atoms with Crippen LogP contribution in [0.3, 0.4) is 0 Å². The standard InChI is InChI=1S/C34H26ClNO/c35-31-14-5-6-15-32(31)37-33-20-29-24-18-19-34(36,30-13-7-9-22-8-1-2-10-25(22)30)21-23(24)16-17-27(29)26-11-3-4-12-28(26)33/h1-17,20H,18-19,21,36H2. The Morgan fingerprint density at radius 2 is 1.35 bits per heavy atom. The highest BCUT2D eigenvalue weighted by atomic mass is 35.5. The van der Waals surface area contributed by atoms with Gasteiger partial charge in [-0.3, -0.25) is 0 Å². The highest BCUT2D eigenvalue weighted by Gasteiger charge is 2.34. The van der Waals surface area contributed by atoms with E-state index in [0.29, 0.717) is 10.8 Å². The quantitative estimate of drug-likeness (QED) is 0.247. The molecule has 1 aliphatic rings. The van der Waals surface area contributed by atoms with E-state index in [9.17, 15) is 0 Å². The van der Waals surface area contributed by atoms with E-state index >= 15 is 0 Å². The first-order chi connectivity index (χ1) is 18.1. The van der Waals surface area contributed by atoms with Gasteiger partial charge in [0.05, 0.1) is 5.02 Å². The van der Waals surface area contributed by atoms with Crippen LogP contribution in [0.5, 0.6) is 11.5 Å². The third-order valence-electron chi connectivity index (χ3n) is 7.92. The summed E-state index contributed by atoms with van der Waals surface area (Å²) in [4.78, 5) is 0. The van der Waals surface area contributed by atoms with E-state index < -0.39 is 5.54 Å². The molecule has 37 heavy (non-hydrogen) atoms. The van der Waals surface area contributed by atoms with E-state index in [2.05, 4.69) is 84.9 Å². The molecule has 0 bridgehead atoms. The lowest BCUT2D eigenvalue weighted by molar-refractivity contribution is 0.389. The molecule has 0 aromatic heterocycles. The summed E-state index contributed by atoms with van der Waals surface area (Å²) in [5.74, 6) is 1.48. The third kappa shape index (κ3) is 3.68. The Labute approximate surface area is 221 Å². The van der Waals surface area contributed by atoms with Gasteiger partial charge in [-0.2, -0.15) is 0 Å². The Bertz CT molecular complexity index is 1820. The van der Waals surface area contributed by atoms with Gasteiger partial charge in [-0.1, -0.05) is 103 Å². The lowest BCUT2D eigenvalue weighted by Crippen LogP contribution is -2.42. The van der Waals surface area contributed by atoms with E-state index in [-0.39, 0.29) is 0 Å². The average molecular weight is 500 g/mol. The van der Waals surface area contributed by atoms with Crippen molar-refractivity contribution in [1.82, 2.24) is 0 Å². The topological polar surface area (TPSA) is 35.2 Å². The molecule has 2 nitrogen and oxygen atoms in total. The Hall–Kier alpha value is -3.85. The van der Waals surface area contributed by atoms with Gasteiger partial charge in [-0.05, 0) is 81.1 Å². The number of para-hydroxylation sites is 1. The molecule has 1 unspecified atom stereocenters. The van der Waals surface area contributed by atoms with Crippen LogP contribution in [0.25, 0.3) is 32.3 Å². The van der Waals surface area contributed by atoms with Gasteiger partial charge in [0, 0.05) is 10.9 Å². The lowest BCUT2D eigenvalue weighted by atomic mass is 9.72. The van der Waals surface area contributed by atoms with Crippen LogP contribution in [0.1, 0.15) is 23.1 Å². The maximum Gasteiger partial charge on any atom is 0.146 e. The maximum absolute atomic E-state index is 7.21. The highest BCUT2D eigenvalue weighted by molar-refractivity contribution is 6.32. The molecule has 0 aliphatic heterocycles. The Balaban J connectivity index is 1.38. The van der Waals surface area contributed by atoms with Crippen LogP contribution in [0, 0.1) is 0 Å². The van der Waals surface area contributed by atoms with Crippen LogP contribution in [0.2, 0.25) is 5.02 Å². The molecule has 3 heteroatoms. The molecule has 6 aromatic rings. The van der Waals surface area contributed by atoms with Crippen LogP contribution in [0.15, 0.2) is 109 Å². The molecule has 0 radical (unpaired) electrons. The molecular formula is C34H26ClNO. The first-order valence-corrected chi connectivity index (χ1v) is 13.1. The molecule has 0 saturated heterocycles. The van der Waals surface area contributed by atoms with Crippen molar-refractivity contribution in [3.63, 3.8) is 0 Å². The number of hydrogen-bond acceptors (Lipinski definition) is 2. The van der Waals surface area contributed by atoms with Gasteiger partial charge in [0.2, 0.25) is 0 Å². The van der Waals surface area contributed by atoms with Crippen LogP contribution in [-0.4, -0.2) is 0 Å². The first kappa shape index (κ1) is 22.4. The Morgan fingerprint density at radius 1 is 0.649 bits per heavy atom. The van der Waals surface area contributed by atoms with Crippen molar-refractivity contribution in [3.05, 3.63) is 131 Å².